The number of phenols is 1. The van der Waals surface area contributed by atoms with Crippen LogP contribution < -0.4 is 4.74 Å². The van der Waals surface area contributed by atoms with Crippen LogP contribution >= 0.6 is 0 Å². The average molecular weight is 388 g/mol. The summed E-state index contributed by atoms with van der Waals surface area (Å²) < 4.78 is 10.7. The summed E-state index contributed by atoms with van der Waals surface area (Å²) in [6, 6.07) is 1.35. The van der Waals surface area contributed by atoms with Crippen molar-refractivity contribution in [2.45, 2.75) is 39.4 Å². The molecule has 1 unspecified atom stereocenters. The van der Waals surface area contributed by atoms with Gasteiger partial charge in [0.1, 0.15) is 17.6 Å². The SMILES string of the molecule is COc1cc(C(/C=C/C(C)(C)O)OC(=O)C(C)C)c(O)c2c1C(=O)C=CC2=O. The molecule has 150 valence electrons. The van der Waals surface area contributed by atoms with Gasteiger partial charge >= 0.3 is 5.97 Å². The first kappa shape index (κ1) is 21.4. The van der Waals surface area contributed by atoms with Crippen molar-refractivity contribution in [3.63, 3.8) is 0 Å². The van der Waals surface area contributed by atoms with Crippen LogP contribution in [0.2, 0.25) is 0 Å². The Morgan fingerprint density at radius 2 is 1.71 bits per heavy atom. The summed E-state index contributed by atoms with van der Waals surface area (Å²) in [6.45, 7) is 6.37. The van der Waals surface area contributed by atoms with Crippen molar-refractivity contribution in [3.8, 4) is 11.5 Å². The van der Waals surface area contributed by atoms with Crippen LogP contribution in [0.4, 0.5) is 0 Å². The van der Waals surface area contributed by atoms with E-state index in [4.69, 9.17) is 9.47 Å². The lowest BCUT2D eigenvalue weighted by Gasteiger charge is -2.23. The lowest BCUT2D eigenvalue weighted by molar-refractivity contribution is -0.151. The van der Waals surface area contributed by atoms with Crippen LogP contribution in [0.15, 0.2) is 30.4 Å². The van der Waals surface area contributed by atoms with Crippen LogP contribution in [0.3, 0.4) is 0 Å². The molecule has 0 aromatic heterocycles. The zero-order valence-electron chi connectivity index (χ0n) is 16.5. The predicted molar refractivity (Wildman–Crippen MR) is 102 cm³/mol. The van der Waals surface area contributed by atoms with Gasteiger partial charge in [0.25, 0.3) is 0 Å². The van der Waals surface area contributed by atoms with Crippen molar-refractivity contribution >= 4 is 17.5 Å². The first-order valence-corrected chi connectivity index (χ1v) is 8.79. The fourth-order valence-electron chi connectivity index (χ4n) is 2.64. The molecule has 1 aromatic rings. The molecule has 28 heavy (non-hydrogen) atoms. The molecule has 1 aliphatic rings. The number of carbonyl (C=O) groups excluding carboxylic acids is 3. The van der Waals surface area contributed by atoms with Crippen molar-refractivity contribution in [1.29, 1.82) is 0 Å². The van der Waals surface area contributed by atoms with Crippen molar-refractivity contribution < 1.29 is 34.1 Å². The summed E-state index contributed by atoms with van der Waals surface area (Å²) in [6.07, 6.45) is 3.89. The molecule has 7 heteroatoms. The Balaban J connectivity index is 2.68. The van der Waals surface area contributed by atoms with Gasteiger partial charge in [-0.2, -0.15) is 0 Å². The summed E-state index contributed by atoms with van der Waals surface area (Å²) in [4.78, 5) is 36.7. The number of aliphatic hydroxyl groups is 1. The lowest BCUT2D eigenvalue weighted by Crippen LogP contribution is -2.20. The van der Waals surface area contributed by atoms with Crippen molar-refractivity contribution in [1.82, 2.24) is 0 Å². The number of rotatable bonds is 6. The molecule has 7 nitrogen and oxygen atoms in total. The van der Waals surface area contributed by atoms with E-state index in [0.29, 0.717) is 0 Å². The molecule has 0 radical (unpaired) electrons. The maximum atomic E-state index is 12.3. The summed E-state index contributed by atoms with van der Waals surface area (Å²) in [5.74, 6) is -2.41. The highest BCUT2D eigenvalue weighted by Gasteiger charge is 2.32. The van der Waals surface area contributed by atoms with Crippen LogP contribution in [0, 0.1) is 5.92 Å². The van der Waals surface area contributed by atoms with Crippen molar-refractivity contribution in [2.24, 2.45) is 5.92 Å². The maximum Gasteiger partial charge on any atom is 0.309 e. The number of carbonyl (C=O) groups is 3. The van der Waals surface area contributed by atoms with Gasteiger partial charge in [0, 0.05) is 5.56 Å². The minimum absolute atomic E-state index is 0.0448. The average Bonchev–Trinajstić information content (AvgIpc) is 2.60. The largest absolute Gasteiger partial charge is 0.507 e. The molecular formula is C21H24O7. The van der Waals surface area contributed by atoms with E-state index >= 15 is 0 Å². The van der Waals surface area contributed by atoms with Crippen molar-refractivity contribution in [2.75, 3.05) is 7.11 Å². The molecule has 0 saturated heterocycles. The molecule has 1 atom stereocenters. The molecule has 0 bridgehead atoms. The van der Waals surface area contributed by atoms with Crippen LogP contribution in [-0.4, -0.2) is 40.5 Å². The molecule has 0 amide bonds. The van der Waals surface area contributed by atoms with Gasteiger partial charge in [0.2, 0.25) is 0 Å². The van der Waals surface area contributed by atoms with Gasteiger partial charge in [-0.1, -0.05) is 19.9 Å². The van der Waals surface area contributed by atoms with Crippen LogP contribution in [-0.2, 0) is 9.53 Å². The number of fused-ring (bicyclic) bond motifs is 1. The van der Waals surface area contributed by atoms with E-state index in [1.54, 1.807) is 13.8 Å². The third kappa shape index (κ3) is 4.48. The van der Waals surface area contributed by atoms with Gasteiger partial charge < -0.3 is 19.7 Å². The Morgan fingerprint density at radius 3 is 2.21 bits per heavy atom. The molecule has 0 heterocycles. The molecule has 0 aliphatic heterocycles. The third-order valence-electron chi connectivity index (χ3n) is 4.09. The topological polar surface area (TPSA) is 110 Å². The second kappa shape index (κ2) is 7.98. The summed E-state index contributed by atoms with van der Waals surface area (Å²) in [7, 11) is 1.33. The van der Waals surface area contributed by atoms with Gasteiger partial charge in [0.15, 0.2) is 11.6 Å². The predicted octanol–water partition coefficient (Wildman–Crippen LogP) is 2.90. The van der Waals surface area contributed by atoms with Gasteiger partial charge in [-0.3, -0.25) is 14.4 Å². The molecule has 0 fully saturated rings. The molecular weight excluding hydrogens is 364 g/mol. The zero-order chi connectivity index (χ0) is 21.2. The lowest BCUT2D eigenvalue weighted by atomic mass is 9.89. The van der Waals surface area contributed by atoms with E-state index in [2.05, 4.69) is 0 Å². The van der Waals surface area contributed by atoms with Gasteiger partial charge in [0.05, 0.1) is 29.8 Å². The first-order chi connectivity index (χ1) is 13.0. The minimum atomic E-state index is -1.20. The van der Waals surface area contributed by atoms with Gasteiger partial charge in [-0.05, 0) is 38.1 Å². The Bertz CT molecular complexity index is 870. The van der Waals surface area contributed by atoms with Crippen LogP contribution in [0.25, 0.3) is 0 Å². The second-order valence-corrected chi connectivity index (χ2v) is 7.35. The number of hydrogen-bond acceptors (Lipinski definition) is 7. The van der Waals surface area contributed by atoms with E-state index in [1.807, 2.05) is 0 Å². The Kier molecular flexibility index (Phi) is 6.09. The number of ether oxygens (including phenoxy) is 2. The number of benzene rings is 1. The van der Waals surface area contributed by atoms with Crippen LogP contribution in [0.1, 0.15) is 60.1 Å². The minimum Gasteiger partial charge on any atom is -0.507 e. The molecule has 0 spiro atoms. The maximum absolute atomic E-state index is 12.3. The van der Waals surface area contributed by atoms with Crippen LogP contribution in [0.5, 0.6) is 11.5 Å². The van der Waals surface area contributed by atoms with E-state index in [0.717, 1.165) is 12.2 Å². The van der Waals surface area contributed by atoms with Gasteiger partial charge in [-0.15, -0.1) is 0 Å². The van der Waals surface area contributed by atoms with Crippen molar-refractivity contribution in [3.05, 3.63) is 47.1 Å². The van der Waals surface area contributed by atoms with E-state index in [-0.39, 0.29) is 22.4 Å². The highest BCUT2D eigenvalue weighted by molar-refractivity contribution is 6.24. The Morgan fingerprint density at radius 1 is 1.14 bits per heavy atom. The first-order valence-electron chi connectivity index (χ1n) is 8.79. The van der Waals surface area contributed by atoms with E-state index < -0.39 is 40.9 Å². The number of esters is 1. The third-order valence-corrected chi connectivity index (χ3v) is 4.09. The summed E-state index contributed by atoms with van der Waals surface area (Å²) in [5, 5.41) is 20.7. The molecule has 1 aliphatic carbocycles. The Labute approximate surface area is 163 Å². The normalized spacial score (nSPS) is 15.1. The quantitative estimate of drug-likeness (QED) is 0.569. The molecule has 2 N–H and O–H groups in total. The summed E-state index contributed by atoms with van der Waals surface area (Å²) >= 11 is 0. The van der Waals surface area contributed by atoms with E-state index in [1.165, 1.54) is 39.2 Å². The molecule has 1 aromatic carbocycles. The Hall–Kier alpha value is -2.93. The number of phenolic OH excluding ortho intramolecular Hbond substituents is 1. The highest BCUT2D eigenvalue weighted by atomic mass is 16.5. The highest BCUT2D eigenvalue weighted by Crippen LogP contribution is 2.41. The van der Waals surface area contributed by atoms with Gasteiger partial charge in [-0.25, -0.2) is 0 Å². The number of ketones is 2. The van der Waals surface area contributed by atoms with E-state index in [9.17, 15) is 24.6 Å². The monoisotopic (exact) mass is 388 g/mol. The summed E-state index contributed by atoms with van der Waals surface area (Å²) in [5.41, 5.74) is -1.38. The standard InChI is InChI=1S/C21H24O7/c1-11(2)20(25)28-15(8-9-21(3,4)26)12-10-16(27-5)17-13(22)6-7-14(23)18(17)19(12)24/h6-11,15,24,26H,1-5H3/b9-8+. The molecule has 2 rings (SSSR count). The number of aromatic hydroxyl groups is 1. The number of methoxy groups -OCH3 is 1. The fourth-order valence-corrected chi connectivity index (χ4v) is 2.64. The smallest absolute Gasteiger partial charge is 0.309 e. The fraction of sp³-hybridized carbons (Fsp3) is 0.381. The zero-order valence-corrected chi connectivity index (χ0v) is 16.5. The second-order valence-electron chi connectivity index (χ2n) is 7.35. The molecule has 0 saturated carbocycles. The number of allylic oxidation sites excluding steroid dienone is 2. The number of hydrogen-bond donors (Lipinski definition) is 2.